The van der Waals surface area contributed by atoms with Gasteiger partial charge in [0.1, 0.15) is 0 Å². The minimum absolute atomic E-state index is 0.491. The Morgan fingerprint density at radius 1 is 0.333 bits per heavy atom. The molecule has 0 saturated carbocycles. The molecule has 11 aromatic rings. The number of hydrogen-bond acceptors (Lipinski definition) is 3. The maximum absolute atomic E-state index is 5.48. The lowest BCUT2D eigenvalue weighted by Crippen LogP contribution is -2.09. The van der Waals surface area contributed by atoms with Gasteiger partial charge in [0, 0.05) is 61.2 Å². The zero-order chi connectivity index (χ0) is 46.6. The fourth-order valence-corrected chi connectivity index (χ4v) is 17.5. The second kappa shape index (κ2) is 18.8. The molecular formula is C63H48N4S2. The van der Waals surface area contributed by atoms with Crippen molar-refractivity contribution in [1.82, 2.24) is 19.5 Å². The maximum Gasteiger partial charge on any atom is 0.238 e. The van der Waals surface area contributed by atoms with Gasteiger partial charge in [0.15, 0.2) is 11.6 Å². The van der Waals surface area contributed by atoms with Crippen LogP contribution >= 0.6 is 20.1 Å². The second-order valence-corrected chi connectivity index (χ2v) is 22.7. The van der Waals surface area contributed by atoms with E-state index in [-0.39, 0.29) is 0 Å². The van der Waals surface area contributed by atoms with Gasteiger partial charge in [-0.25, -0.2) is 4.98 Å². The maximum atomic E-state index is 5.48. The van der Waals surface area contributed by atoms with Crippen molar-refractivity contribution in [2.45, 2.75) is 39.2 Å². The van der Waals surface area contributed by atoms with Crippen LogP contribution in [0.4, 0.5) is 0 Å². The first-order valence-electron chi connectivity index (χ1n) is 23.0. The van der Waals surface area contributed by atoms with Crippen molar-refractivity contribution in [3.8, 4) is 28.7 Å². The Bertz CT molecular complexity index is 3200. The van der Waals surface area contributed by atoms with E-state index in [2.05, 4.69) is 266 Å². The van der Waals surface area contributed by atoms with Crippen LogP contribution in [0, 0.1) is 0 Å². The summed E-state index contributed by atoms with van der Waals surface area (Å²) in [7, 11) is -4.01. The zero-order valence-electron chi connectivity index (χ0n) is 37.9. The van der Waals surface area contributed by atoms with Crippen LogP contribution < -0.4 is 0 Å². The van der Waals surface area contributed by atoms with Crippen molar-refractivity contribution < 1.29 is 0 Å². The van der Waals surface area contributed by atoms with Crippen molar-refractivity contribution in [3.05, 3.63) is 279 Å². The largest absolute Gasteiger partial charge is 0.278 e. The van der Waals surface area contributed by atoms with Gasteiger partial charge in [-0.2, -0.15) is 9.97 Å². The van der Waals surface area contributed by atoms with Crippen molar-refractivity contribution in [2.24, 2.45) is 0 Å². The summed E-state index contributed by atoms with van der Waals surface area (Å²) in [4.78, 5) is 26.1. The molecule has 6 heteroatoms. The summed E-state index contributed by atoms with van der Waals surface area (Å²) in [6.07, 6.45) is 3.76. The molecule has 0 N–H and O–H groups in total. The highest BCUT2D eigenvalue weighted by molar-refractivity contribution is 8.34. The number of rotatable bonds is 13. The van der Waals surface area contributed by atoms with E-state index in [1.807, 2.05) is 18.2 Å². The van der Waals surface area contributed by atoms with Gasteiger partial charge in [0.2, 0.25) is 5.95 Å². The number of benzene rings is 9. The lowest BCUT2D eigenvalue weighted by Gasteiger charge is -2.42. The SMILES string of the molecule is C=Cc1c(C=C)n(-c2nc(-c3cccc(S(c4ccccc4)(c4ccccc4)c4ccccc4)c3)nc(-c3cccc(S(c4ccccc4)(c4ccccc4)c4ccccc4)c3)n2)c2ccccc12. The minimum Gasteiger partial charge on any atom is -0.278 e. The molecule has 0 radical (unpaired) electrons. The number of aromatic nitrogens is 4. The van der Waals surface area contributed by atoms with Gasteiger partial charge in [-0.05, 0) is 109 Å². The molecule has 69 heavy (non-hydrogen) atoms. The Balaban J connectivity index is 1.19. The van der Waals surface area contributed by atoms with Crippen LogP contribution in [0.5, 0.6) is 0 Å². The quantitative estimate of drug-likeness (QED) is 0.116. The molecule has 0 amide bonds. The average molecular weight is 925 g/mol. The van der Waals surface area contributed by atoms with Gasteiger partial charge in [0.05, 0.1) is 11.2 Å². The van der Waals surface area contributed by atoms with E-state index in [1.54, 1.807) is 0 Å². The Labute approximate surface area is 407 Å². The normalized spacial score (nSPS) is 12.1. The molecule has 9 aromatic carbocycles. The standard InChI is InChI=1S/C63H48N4S2/c1-3-57-58-43-23-24-44-60(58)67(59(57)4-2)63-65-61(47-27-25-41-55(45-47)68(49-29-11-5-12-30-49,50-31-13-6-14-32-50)51-33-15-7-16-34-51)64-62(66-63)48-28-26-42-56(46-48)69(52-35-17-8-18-36-52,53-37-19-9-20-38-53)54-39-21-10-22-40-54/h3-46H,1-2H2. The fraction of sp³-hybridized carbons (Fsp3) is 0. The van der Waals surface area contributed by atoms with Crippen LogP contribution in [0.3, 0.4) is 0 Å². The predicted octanol–water partition coefficient (Wildman–Crippen LogP) is 17.1. The molecule has 0 unspecified atom stereocenters. The predicted molar refractivity (Wildman–Crippen MR) is 288 cm³/mol. The number of para-hydroxylation sites is 1. The highest BCUT2D eigenvalue weighted by Gasteiger charge is 2.35. The molecule has 2 heterocycles. The van der Waals surface area contributed by atoms with Crippen LogP contribution in [0.15, 0.2) is 307 Å². The molecule has 0 saturated heterocycles. The molecule has 0 aliphatic carbocycles. The lowest BCUT2D eigenvalue weighted by molar-refractivity contribution is 0.925. The van der Waals surface area contributed by atoms with Crippen LogP contribution in [-0.2, 0) is 0 Å². The third-order valence-corrected chi connectivity index (χ3v) is 20.4. The van der Waals surface area contributed by atoms with Crippen molar-refractivity contribution in [2.75, 3.05) is 0 Å². The fourth-order valence-electron chi connectivity index (χ4n) is 9.67. The molecule has 0 bridgehead atoms. The van der Waals surface area contributed by atoms with Crippen molar-refractivity contribution in [1.29, 1.82) is 0 Å². The van der Waals surface area contributed by atoms with Crippen molar-refractivity contribution in [3.63, 3.8) is 0 Å². The van der Waals surface area contributed by atoms with Gasteiger partial charge >= 0.3 is 0 Å². The lowest BCUT2D eigenvalue weighted by atomic mass is 10.1. The molecule has 4 nitrogen and oxygen atoms in total. The van der Waals surface area contributed by atoms with E-state index in [4.69, 9.17) is 15.0 Å². The summed E-state index contributed by atoms with van der Waals surface area (Å²) in [6, 6.07) is 91.5. The zero-order valence-corrected chi connectivity index (χ0v) is 39.6. The summed E-state index contributed by atoms with van der Waals surface area (Å²) in [5.74, 6) is 1.61. The van der Waals surface area contributed by atoms with Gasteiger partial charge < -0.3 is 0 Å². The summed E-state index contributed by atoms with van der Waals surface area (Å²) < 4.78 is 2.10. The molecule has 0 aliphatic heterocycles. The first-order valence-corrected chi connectivity index (χ1v) is 26.2. The molecule has 0 aliphatic rings. The monoisotopic (exact) mass is 924 g/mol. The topological polar surface area (TPSA) is 43.6 Å². The highest BCUT2D eigenvalue weighted by Crippen LogP contribution is 2.74. The molecule has 0 fully saturated rings. The average Bonchev–Trinajstić information content (AvgIpc) is 3.77. The van der Waals surface area contributed by atoms with Gasteiger partial charge in [-0.1, -0.05) is 171 Å². The number of fused-ring (bicyclic) bond motifs is 1. The second-order valence-electron chi connectivity index (χ2n) is 16.5. The van der Waals surface area contributed by atoms with E-state index in [0.717, 1.165) is 33.3 Å². The third-order valence-electron chi connectivity index (χ3n) is 12.6. The summed E-state index contributed by atoms with van der Waals surface area (Å²) in [5.41, 5.74) is 4.54. The molecule has 332 valence electrons. The summed E-state index contributed by atoms with van der Waals surface area (Å²) >= 11 is 0. The third kappa shape index (κ3) is 7.51. The Kier molecular flexibility index (Phi) is 11.8. The number of hydrogen-bond donors (Lipinski definition) is 0. The Hall–Kier alpha value is -8.29. The van der Waals surface area contributed by atoms with E-state index in [9.17, 15) is 0 Å². The smallest absolute Gasteiger partial charge is 0.238 e. The van der Waals surface area contributed by atoms with Crippen molar-refractivity contribution >= 4 is 43.1 Å². The van der Waals surface area contributed by atoms with Gasteiger partial charge in [-0.15, -0.1) is 20.1 Å². The van der Waals surface area contributed by atoms with E-state index in [0.29, 0.717) is 17.6 Å². The van der Waals surface area contributed by atoms with Crippen LogP contribution in [-0.4, -0.2) is 19.5 Å². The minimum atomic E-state index is -2.00. The molecule has 0 atom stereocenters. The van der Waals surface area contributed by atoms with Crippen LogP contribution in [0.1, 0.15) is 11.3 Å². The van der Waals surface area contributed by atoms with E-state index < -0.39 is 20.1 Å². The van der Waals surface area contributed by atoms with E-state index in [1.165, 1.54) is 39.2 Å². The van der Waals surface area contributed by atoms with Gasteiger partial charge in [0.25, 0.3) is 0 Å². The Morgan fingerprint density at radius 3 is 1.01 bits per heavy atom. The summed E-state index contributed by atoms with van der Waals surface area (Å²) in [6.45, 7) is 8.53. The molecule has 0 spiro atoms. The van der Waals surface area contributed by atoms with Crippen LogP contribution in [0.25, 0.3) is 51.8 Å². The first kappa shape index (κ1) is 43.3. The Morgan fingerprint density at radius 2 is 0.667 bits per heavy atom. The number of nitrogens with zero attached hydrogens (tertiary/aromatic N) is 4. The molecule has 11 rings (SSSR count). The van der Waals surface area contributed by atoms with Crippen LogP contribution in [0.2, 0.25) is 0 Å². The van der Waals surface area contributed by atoms with Gasteiger partial charge in [-0.3, -0.25) is 4.57 Å². The molecule has 2 aromatic heterocycles. The first-order chi connectivity index (χ1) is 34.1. The highest BCUT2D eigenvalue weighted by atomic mass is 32.3. The van der Waals surface area contributed by atoms with E-state index >= 15 is 0 Å². The molecular weight excluding hydrogens is 877 g/mol. The summed E-state index contributed by atoms with van der Waals surface area (Å²) in [5, 5.41) is 1.04.